The Balaban J connectivity index is 2.45. The van der Waals surface area contributed by atoms with Gasteiger partial charge in [-0.25, -0.2) is 0 Å². The highest BCUT2D eigenvalue weighted by molar-refractivity contribution is 4.92. The predicted molar refractivity (Wildman–Crippen MR) is 62.8 cm³/mol. The van der Waals surface area contributed by atoms with Crippen molar-refractivity contribution < 1.29 is 9.84 Å². The van der Waals surface area contributed by atoms with Crippen molar-refractivity contribution in [1.29, 1.82) is 5.26 Å². The molecule has 0 spiro atoms. The second-order valence-corrected chi connectivity index (χ2v) is 5.15. The van der Waals surface area contributed by atoms with Crippen LogP contribution in [0.2, 0.25) is 0 Å². The van der Waals surface area contributed by atoms with Gasteiger partial charge in [0.2, 0.25) is 0 Å². The summed E-state index contributed by atoms with van der Waals surface area (Å²) in [5.41, 5.74) is 0. The van der Waals surface area contributed by atoms with Gasteiger partial charge in [0.05, 0.1) is 18.3 Å². The quantitative estimate of drug-likeness (QED) is 0.799. The van der Waals surface area contributed by atoms with Crippen molar-refractivity contribution in [1.82, 2.24) is 0 Å². The Labute approximate surface area is 98.4 Å². The fourth-order valence-electron chi connectivity index (χ4n) is 2.18. The normalized spacial score (nSPS) is 31.4. The van der Waals surface area contributed by atoms with Crippen LogP contribution in [0, 0.1) is 23.2 Å². The zero-order valence-corrected chi connectivity index (χ0v) is 10.5. The maximum absolute atomic E-state index is 9.37. The van der Waals surface area contributed by atoms with E-state index in [1.165, 1.54) is 12.8 Å². The van der Waals surface area contributed by atoms with E-state index in [2.05, 4.69) is 13.0 Å². The summed E-state index contributed by atoms with van der Waals surface area (Å²) in [5, 5.41) is 18.5. The lowest BCUT2D eigenvalue weighted by atomic mass is 9.80. The van der Waals surface area contributed by atoms with Gasteiger partial charge >= 0.3 is 0 Å². The Morgan fingerprint density at radius 2 is 1.81 bits per heavy atom. The molecular formula is C13H23NO2. The Kier molecular flexibility index (Phi) is 5.24. The topological polar surface area (TPSA) is 53.2 Å². The van der Waals surface area contributed by atoms with Crippen LogP contribution in [-0.4, -0.2) is 23.4 Å². The van der Waals surface area contributed by atoms with Crippen LogP contribution >= 0.6 is 0 Å². The smallest absolute Gasteiger partial charge is 0.147 e. The van der Waals surface area contributed by atoms with Gasteiger partial charge in [-0.15, -0.1) is 0 Å². The third-order valence-electron chi connectivity index (χ3n) is 3.66. The van der Waals surface area contributed by atoms with Gasteiger partial charge in [0, 0.05) is 0 Å². The van der Waals surface area contributed by atoms with E-state index in [9.17, 15) is 5.11 Å². The third kappa shape index (κ3) is 3.77. The molecule has 3 unspecified atom stereocenters. The molecule has 0 amide bonds. The molecule has 92 valence electrons. The van der Waals surface area contributed by atoms with E-state index in [1.54, 1.807) is 6.92 Å². The van der Waals surface area contributed by atoms with Crippen LogP contribution in [-0.2, 0) is 4.74 Å². The number of hydrogen-bond acceptors (Lipinski definition) is 3. The molecule has 16 heavy (non-hydrogen) atoms. The van der Waals surface area contributed by atoms with E-state index in [1.807, 2.05) is 6.92 Å². The third-order valence-corrected chi connectivity index (χ3v) is 3.66. The molecule has 0 aromatic rings. The second-order valence-electron chi connectivity index (χ2n) is 5.15. The van der Waals surface area contributed by atoms with E-state index in [0.29, 0.717) is 5.92 Å². The van der Waals surface area contributed by atoms with Gasteiger partial charge in [-0.05, 0) is 38.5 Å². The van der Waals surface area contributed by atoms with Crippen molar-refractivity contribution in [3.05, 3.63) is 0 Å². The minimum absolute atomic E-state index is 0.260. The molecule has 3 atom stereocenters. The number of ether oxygens (including phenoxy) is 1. The fourth-order valence-corrected chi connectivity index (χ4v) is 2.18. The zero-order chi connectivity index (χ0) is 12.1. The van der Waals surface area contributed by atoms with Gasteiger partial charge in [-0.2, -0.15) is 5.26 Å². The average molecular weight is 225 g/mol. The molecule has 1 aliphatic rings. The van der Waals surface area contributed by atoms with Crippen LogP contribution in [0.3, 0.4) is 0 Å². The first-order valence-electron chi connectivity index (χ1n) is 6.27. The van der Waals surface area contributed by atoms with E-state index in [-0.39, 0.29) is 12.2 Å². The zero-order valence-electron chi connectivity index (χ0n) is 10.5. The first-order valence-corrected chi connectivity index (χ1v) is 6.27. The Morgan fingerprint density at radius 3 is 2.25 bits per heavy atom. The number of hydrogen-bond donors (Lipinski definition) is 1. The molecule has 0 aromatic carbocycles. The number of aliphatic hydroxyl groups is 1. The molecule has 1 fully saturated rings. The molecule has 3 nitrogen and oxygen atoms in total. The summed E-state index contributed by atoms with van der Waals surface area (Å²) in [5.74, 6) is 1.13. The van der Waals surface area contributed by atoms with E-state index in [4.69, 9.17) is 10.00 Å². The summed E-state index contributed by atoms with van der Waals surface area (Å²) in [4.78, 5) is 0. The summed E-state index contributed by atoms with van der Waals surface area (Å²) >= 11 is 0. The highest BCUT2D eigenvalue weighted by atomic mass is 16.5. The van der Waals surface area contributed by atoms with E-state index in [0.717, 1.165) is 18.8 Å². The number of aliphatic hydroxyl groups excluding tert-OH is 1. The molecule has 3 heteroatoms. The summed E-state index contributed by atoms with van der Waals surface area (Å²) in [7, 11) is 0. The van der Waals surface area contributed by atoms with Gasteiger partial charge in [-0.1, -0.05) is 19.8 Å². The molecule has 0 bridgehead atoms. The summed E-state index contributed by atoms with van der Waals surface area (Å²) in [6.07, 6.45) is 3.40. The lowest BCUT2D eigenvalue weighted by Crippen LogP contribution is -2.33. The van der Waals surface area contributed by atoms with Gasteiger partial charge in [0.15, 0.2) is 0 Å². The highest BCUT2D eigenvalue weighted by Crippen LogP contribution is 2.31. The van der Waals surface area contributed by atoms with Crippen molar-refractivity contribution in [3.8, 4) is 6.07 Å². The number of nitrogens with zero attached hydrogens (tertiary/aromatic N) is 1. The standard InChI is InChI=1S/C13H23NO2/c1-9-4-6-12(7-5-9)13(8-14)16-11(3)10(2)15/h9-13,15H,4-7H2,1-3H3. The van der Waals surface area contributed by atoms with Gasteiger partial charge < -0.3 is 9.84 Å². The first-order chi connectivity index (χ1) is 7.54. The van der Waals surface area contributed by atoms with Crippen LogP contribution in [0.5, 0.6) is 0 Å². The van der Waals surface area contributed by atoms with Crippen molar-refractivity contribution >= 4 is 0 Å². The molecule has 0 aromatic heterocycles. The largest absolute Gasteiger partial charge is 0.391 e. The number of nitriles is 1. The SMILES string of the molecule is CC1CCC(C(C#N)OC(C)C(C)O)CC1. The minimum Gasteiger partial charge on any atom is -0.391 e. The molecule has 0 radical (unpaired) electrons. The first kappa shape index (κ1) is 13.5. The van der Waals surface area contributed by atoms with Gasteiger partial charge in [0.1, 0.15) is 6.10 Å². The maximum atomic E-state index is 9.37. The van der Waals surface area contributed by atoms with E-state index >= 15 is 0 Å². The van der Waals surface area contributed by atoms with Crippen LogP contribution in [0.25, 0.3) is 0 Å². The van der Waals surface area contributed by atoms with Crippen LogP contribution < -0.4 is 0 Å². The van der Waals surface area contributed by atoms with Crippen LogP contribution in [0.1, 0.15) is 46.5 Å². The number of rotatable bonds is 4. The molecule has 1 aliphatic carbocycles. The Morgan fingerprint density at radius 1 is 1.25 bits per heavy atom. The van der Waals surface area contributed by atoms with Crippen LogP contribution in [0.4, 0.5) is 0 Å². The fraction of sp³-hybridized carbons (Fsp3) is 0.923. The second kappa shape index (κ2) is 6.22. The van der Waals surface area contributed by atoms with Gasteiger partial charge in [0.25, 0.3) is 0 Å². The Bertz CT molecular complexity index is 239. The highest BCUT2D eigenvalue weighted by Gasteiger charge is 2.28. The summed E-state index contributed by atoms with van der Waals surface area (Å²) < 4.78 is 5.62. The monoisotopic (exact) mass is 225 g/mol. The maximum Gasteiger partial charge on any atom is 0.147 e. The van der Waals surface area contributed by atoms with Gasteiger partial charge in [-0.3, -0.25) is 0 Å². The van der Waals surface area contributed by atoms with E-state index < -0.39 is 6.10 Å². The molecule has 0 aliphatic heterocycles. The van der Waals surface area contributed by atoms with Crippen LogP contribution in [0.15, 0.2) is 0 Å². The predicted octanol–water partition coefficient (Wildman–Crippen LogP) is 2.49. The molecule has 0 heterocycles. The van der Waals surface area contributed by atoms with Crippen molar-refractivity contribution in [2.24, 2.45) is 11.8 Å². The lowest BCUT2D eigenvalue weighted by Gasteiger charge is -2.31. The summed E-state index contributed by atoms with van der Waals surface area (Å²) in [6.45, 7) is 5.78. The lowest BCUT2D eigenvalue weighted by molar-refractivity contribution is -0.0661. The van der Waals surface area contributed by atoms with Crippen molar-refractivity contribution in [2.75, 3.05) is 0 Å². The molecular weight excluding hydrogens is 202 g/mol. The summed E-state index contributed by atoms with van der Waals surface area (Å²) in [6, 6.07) is 2.24. The van der Waals surface area contributed by atoms with Crippen molar-refractivity contribution in [2.45, 2.75) is 64.8 Å². The van der Waals surface area contributed by atoms with Crippen molar-refractivity contribution in [3.63, 3.8) is 0 Å². The molecule has 0 saturated heterocycles. The molecule has 1 rings (SSSR count). The molecule has 1 N–H and O–H groups in total. The Hall–Kier alpha value is -0.590. The minimum atomic E-state index is -0.515. The average Bonchev–Trinajstić information content (AvgIpc) is 2.26. The molecule has 1 saturated carbocycles.